The average molecular weight is 216 g/mol. The molecule has 1 heterocycles. The molecule has 0 aliphatic heterocycles. The summed E-state index contributed by atoms with van der Waals surface area (Å²) in [5, 5.41) is 8.85. The van der Waals surface area contributed by atoms with E-state index in [1.807, 2.05) is 24.0 Å². The second-order valence-electron chi connectivity index (χ2n) is 3.54. The van der Waals surface area contributed by atoms with E-state index in [-0.39, 0.29) is 0 Å². The molecule has 0 aliphatic carbocycles. The van der Waals surface area contributed by atoms with E-state index < -0.39 is 0 Å². The third-order valence-electron chi connectivity index (χ3n) is 2.08. The van der Waals surface area contributed by atoms with Gasteiger partial charge in [0.15, 0.2) is 0 Å². The Labute approximate surface area is 96.3 Å². The SMILES string of the molecule is C=CCN(CCC)c1nc(C)cc(C#N)n1. The molecule has 84 valence electrons. The van der Waals surface area contributed by atoms with Crippen molar-refractivity contribution >= 4 is 5.95 Å². The Kier molecular flexibility index (Phi) is 4.46. The summed E-state index contributed by atoms with van der Waals surface area (Å²) in [5.74, 6) is 0.610. The lowest BCUT2D eigenvalue weighted by Crippen LogP contribution is -2.26. The minimum absolute atomic E-state index is 0.410. The molecule has 0 saturated heterocycles. The van der Waals surface area contributed by atoms with Crippen LogP contribution in [0.25, 0.3) is 0 Å². The van der Waals surface area contributed by atoms with Crippen LogP contribution in [0.1, 0.15) is 24.7 Å². The number of nitrogens with zero attached hydrogens (tertiary/aromatic N) is 4. The molecule has 0 aromatic carbocycles. The predicted octanol–water partition coefficient (Wildman–Crippen LogP) is 2.06. The number of nitriles is 1. The Morgan fingerprint density at radius 3 is 2.88 bits per heavy atom. The van der Waals surface area contributed by atoms with Gasteiger partial charge in [0.1, 0.15) is 11.8 Å². The van der Waals surface area contributed by atoms with Gasteiger partial charge in [0.25, 0.3) is 0 Å². The summed E-state index contributed by atoms with van der Waals surface area (Å²) in [4.78, 5) is 10.5. The molecule has 16 heavy (non-hydrogen) atoms. The first-order valence-corrected chi connectivity index (χ1v) is 5.33. The molecule has 0 unspecified atom stereocenters. The van der Waals surface area contributed by atoms with Crippen LogP contribution in [-0.4, -0.2) is 23.1 Å². The zero-order valence-corrected chi connectivity index (χ0v) is 9.77. The fourth-order valence-corrected chi connectivity index (χ4v) is 1.45. The molecule has 1 aromatic rings. The van der Waals surface area contributed by atoms with Crippen molar-refractivity contribution < 1.29 is 0 Å². The van der Waals surface area contributed by atoms with Gasteiger partial charge in [-0.25, -0.2) is 9.97 Å². The Bertz CT molecular complexity index is 406. The van der Waals surface area contributed by atoms with Crippen molar-refractivity contribution in [3.8, 4) is 6.07 Å². The molecule has 0 bridgehead atoms. The molecule has 0 amide bonds. The molecule has 0 atom stereocenters. The first kappa shape index (κ1) is 12.2. The summed E-state index contributed by atoms with van der Waals surface area (Å²) >= 11 is 0. The van der Waals surface area contributed by atoms with Crippen LogP contribution in [0.4, 0.5) is 5.95 Å². The molecule has 0 fully saturated rings. The lowest BCUT2D eigenvalue weighted by Gasteiger charge is -2.20. The van der Waals surface area contributed by atoms with Gasteiger partial charge < -0.3 is 4.90 Å². The van der Waals surface area contributed by atoms with E-state index in [4.69, 9.17) is 5.26 Å². The van der Waals surface area contributed by atoms with Gasteiger partial charge >= 0.3 is 0 Å². The van der Waals surface area contributed by atoms with Gasteiger partial charge in [-0.05, 0) is 19.4 Å². The van der Waals surface area contributed by atoms with Gasteiger partial charge in [-0.2, -0.15) is 5.26 Å². The van der Waals surface area contributed by atoms with E-state index in [0.717, 1.165) is 18.7 Å². The number of rotatable bonds is 5. The monoisotopic (exact) mass is 216 g/mol. The van der Waals surface area contributed by atoms with E-state index >= 15 is 0 Å². The standard InChI is InChI=1S/C12H16N4/c1-4-6-16(7-5-2)12-14-10(3)8-11(9-13)15-12/h4,8H,1,5-7H2,2-3H3. The van der Waals surface area contributed by atoms with Crippen LogP contribution in [0.3, 0.4) is 0 Å². The van der Waals surface area contributed by atoms with Crippen LogP contribution in [0, 0.1) is 18.3 Å². The zero-order chi connectivity index (χ0) is 12.0. The maximum absolute atomic E-state index is 8.85. The van der Waals surface area contributed by atoms with Crippen LogP contribution in [0.2, 0.25) is 0 Å². The van der Waals surface area contributed by atoms with Crippen molar-refractivity contribution in [1.29, 1.82) is 5.26 Å². The second kappa shape index (κ2) is 5.86. The zero-order valence-electron chi connectivity index (χ0n) is 9.77. The van der Waals surface area contributed by atoms with Gasteiger partial charge in [-0.1, -0.05) is 13.0 Å². The maximum atomic E-state index is 8.85. The molecule has 0 radical (unpaired) electrons. The number of aromatic nitrogens is 2. The first-order valence-electron chi connectivity index (χ1n) is 5.33. The van der Waals surface area contributed by atoms with E-state index in [2.05, 4.69) is 23.5 Å². The Hall–Kier alpha value is -1.89. The van der Waals surface area contributed by atoms with E-state index in [9.17, 15) is 0 Å². The highest BCUT2D eigenvalue weighted by atomic mass is 15.2. The summed E-state index contributed by atoms with van der Waals surface area (Å²) in [6, 6.07) is 3.73. The van der Waals surface area contributed by atoms with Crippen molar-refractivity contribution in [1.82, 2.24) is 9.97 Å². The Balaban J connectivity index is 3.03. The molecule has 0 saturated carbocycles. The van der Waals surface area contributed by atoms with Crippen molar-refractivity contribution in [2.45, 2.75) is 20.3 Å². The second-order valence-corrected chi connectivity index (χ2v) is 3.54. The maximum Gasteiger partial charge on any atom is 0.227 e. The van der Waals surface area contributed by atoms with Gasteiger partial charge in [-0.15, -0.1) is 6.58 Å². The van der Waals surface area contributed by atoms with E-state index in [1.54, 1.807) is 6.07 Å². The van der Waals surface area contributed by atoms with Gasteiger partial charge in [0, 0.05) is 18.8 Å². The molecular formula is C12H16N4. The largest absolute Gasteiger partial charge is 0.337 e. The normalized spacial score (nSPS) is 9.56. The van der Waals surface area contributed by atoms with Crippen LogP contribution in [0.15, 0.2) is 18.7 Å². The Morgan fingerprint density at radius 1 is 1.56 bits per heavy atom. The summed E-state index contributed by atoms with van der Waals surface area (Å²) in [5.41, 5.74) is 1.22. The van der Waals surface area contributed by atoms with Crippen LogP contribution in [0.5, 0.6) is 0 Å². The first-order chi connectivity index (χ1) is 7.71. The smallest absolute Gasteiger partial charge is 0.227 e. The summed E-state index contributed by atoms with van der Waals surface area (Å²) in [7, 11) is 0. The van der Waals surface area contributed by atoms with Gasteiger partial charge in [0.05, 0.1) is 0 Å². The van der Waals surface area contributed by atoms with Crippen LogP contribution in [-0.2, 0) is 0 Å². The van der Waals surface area contributed by atoms with Gasteiger partial charge in [0.2, 0.25) is 5.95 Å². The lowest BCUT2D eigenvalue weighted by molar-refractivity contribution is 0.780. The number of hydrogen-bond acceptors (Lipinski definition) is 4. The van der Waals surface area contributed by atoms with E-state index in [1.165, 1.54) is 0 Å². The molecule has 0 N–H and O–H groups in total. The minimum atomic E-state index is 0.410. The quantitative estimate of drug-likeness (QED) is 0.707. The fourth-order valence-electron chi connectivity index (χ4n) is 1.45. The Morgan fingerprint density at radius 2 is 2.31 bits per heavy atom. The molecule has 1 aromatic heterocycles. The highest BCUT2D eigenvalue weighted by Gasteiger charge is 2.08. The van der Waals surface area contributed by atoms with Crippen LogP contribution < -0.4 is 4.90 Å². The number of anilines is 1. The minimum Gasteiger partial charge on any atom is -0.337 e. The van der Waals surface area contributed by atoms with Crippen molar-refractivity contribution in [2.24, 2.45) is 0 Å². The molecule has 4 nitrogen and oxygen atoms in total. The van der Waals surface area contributed by atoms with Crippen molar-refractivity contribution in [3.05, 3.63) is 30.1 Å². The fraction of sp³-hybridized carbons (Fsp3) is 0.417. The average Bonchev–Trinajstić information content (AvgIpc) is 2.28. The molecule has 4 heteroatoms. The van der Waals surface area contributed by atoms with Gasteiger partial charge in [-0.3, -0.25) is 0 Å². The third kappa shape index (κ3) is 3.06. The lowest BCUT2D eigenvalue weighted by atomic mass is 10.3. The highest BCUT2D eigenvalue weighted by molar-refractivity contribution is 5.36. The third-order valence-corrected chi connectivity index (χ3v) is 2.08. The topological polar surface area (TPSA) is 52.8 Å². The molecule has 0 aliphatic rings. The summed E-state index contributed by atoms with van der Waals surface area (Å²) in [6.07, 6.45) is 2.82. The number of aryl methyl sites for hydroxylation is 1. The summed E-state index contributed by atoms with van der Waals surface area (Å²) < 4.78 is 0. The van der Waals surface area contributed by atoms with Crippen LogP contribution >= 0.6 is 0 Å². The van der Waals surface area contributed by atoms with Crippen molar-refractivity contribution in [2.75, 3.05) is 18.0 Å². The predicted molar refractivity (Wildman–Crippen MR) is 64.2 cm³/mol. The highest BCUT2D eigenvalue weighted by Crippen LogP contribution is 2.10. The summed E-state index contributed by atoms with van der Waals surface area (Å²) in [6.45, 7) is 9.23. The van der Waals surface area contributed by atoms with E-state index in [0.29, 0.717) is 18.2 Å². The molecular weight excluding hydrogens is 200 g/mol. The van der Waals surface area contributed by atoms with Crippen molar-refractivity contribution in [3.63, 3.8) is 0 Å². The number of hydrogen-bond donors (Lipinski definition) is 0. The molecule has 1 rings (SSSR count). The molecule has 0 spiro atoms.